The van der Waals surface area contributed by atoms with Gasteiger partial charge in [-0.05, 0) is 112 Å². The molecule has 8 aliphatic rings. The number of hydrogen-bond donors (Lipinski definition) is 12. The molecule has 4 heterocycles. The summed E-state index contributed by atoms with van der Waals surface area (Å²) in [4.78, 5) is 13.9. The average Bonchev–Trinajstić information content (AvgIpc) is 3.67. The van der Waals surface area contributed by atoms with Gasteiger partial charge < -0.3 is 99.2 Å². The number of rotatable bonds is 15. The van der Waals surface area contributed by atoms with Crippen molar-refractivity contribution in [2.24, 2.45) is 39.4 Å². The summed E-state index contributed by atoms with van der Waals surface area (Å²) in [5.41, 5.74) is 1.35. The van der Waals surface area contributed by atoms with E-state index < -0.39 is 165 Å². The van der Waals surface area contributed by atoms with E-state index >= 15 is 0 Å². The Bertz CT molecular complexity index is 1980. The van der Waals surface area contributed by atoms with Crippen molar-refractivity contribution in [2.75, 3.05) is 26.4 Å². The zero-order chi connectivity index (χ0) is 53.3. The summed E-state index contributed by atoms with van der Waals surface area (Å²) >= 11 is 0. The van der Waals surface area contributed by atoms with Crippen molar-refractivity contribution in [3.63, 3.8) is 0 Å². The van der Waals surface area contributed by atoms with E-state index in [0.717, 1.165) is 37.7 Å². The molecule has 2 saturated carbocycles. The van der Waals surface area contributed by atoms with Crippen molar-refractivity contribution in [3.05, 3.63) is 22.8 Å². The molecule has 73 heavy (non-hydrogen) atoms. The molecule has 0 aromatic rings. The van der Waals surface area contributed by atoms with Gasteiger partial charge in [0, 0.05) is 0 Å². The summed E-state index contributed by atoms with van der Waals surface area (Å²) < 4.78 is 48.5. The van der Waals surface area contributed by atoms with E-state index in [2.05, 4.69) is 54.5 Å². The summed E-state index contributed by atoms with van der Waals surface area (Å²) in [6.45, 7) is 12.8. The van der Waals surface area contributed by atoms with Gasteiger partial charge in [0.15, 0.2) is 25.2 Å². The summed E-state index contributed by atoms with van der Waals surface area (Å²) in [7, 11) is 0. The SMILES string of the molecule is CC(C)=CCC[C@@H](C)[C@H]1CC[C@@]2(C(=O)O)C3=C(CC[C@]12C)[C@@]1(C)CC[C@H](O[C@@H]2OC[C@H](O)[C@H](O[C@@H]4OC[C@H](O)[C@H](O[C@@H]5O[C@H](CO)[C@H](O)[C@H](O)[C@H]5O)[C@H]4O)[C@H]2O[C@@H]2O[C@H](CO)[C@H](O)[C@H](O)[C@H]2O)C(C)(C)C1CC3. The van der Waals surface area contributed by atoms with E-state index in [1.54, 1.807) is 0 Å². The minimum Gasteiger partial charge on any atom is -0.481 e. The summed E-state index contributed by atoms with van der Waals surface area (Å²) in [6, 6.07) is 0. The third kappa shape index (κ3) is 10.1. The third-order valence-corrected chi connectivity index (χ3v) is 19.1. The fraction of sp³-hybridized carbons (Fsp3) is 0.904. The number of aliphatic hydroxyl groups is 11. The lowest BCUT2D eigenvalue weighted by atomic mass is 9.43. The van der Waals surface area contributed by atoms with Gasteiger partial charge in [-0.15, -0.1) is 0 Å². The van der Waals surface area contributed by atoms with Gasteiger partial charge in [0.05, 0.1) is 37.9 Å². The van der Waals surface area contributed by atoms with Crippen LogP contribution in [-0.4, -0.2) is 210 Å². The number of carbonyl (C=O) groups is 1. The molecule has 0 amide bonds. The highest BCUT2D eigenvalue weighted by atomic mass is 16.8. The summed E-state index contributed by atoms with van der Waals surface area (Å²) in [6.07, 6.45) is -20.8. The minimum atomic E-state index is -1.90. The topological polar surface area (TPSA) is 334 Å². The number of fused-ring (bicyclic) bond motifs is 4. The quantitative estimate of drug-likeness (QED) is 0.0969. The van der Waals surface area contributed by atoms with Gasteiger partial charge >= 0.3 is 5.97 Å². The Morgan fingerprint density at radius 1 is 0.644 bits per heavy atom. The second-order valence-corrected chi connectivity index (χ2v) is 23.8. The smallest absolute Gasteiger partial charge is 0.314 e. The molecule has 8 rings (SSSR count). The van der Waals surface area contributed by atoms with Crippen LogP contribution in [-0.2, 0) is 42.7 Å². The van der Waals surface area contributed by atoms with Gasteiger partial charge in [-0.2, -0.15) is 0 Å². The van der Waals surface area contributed by atoms with Crippen LogP contribution in [0.3, 0.4) is 0 Å². The molecular weight excluding hydrogens is 961 g/mol. The van der Waals surface area contributed by atoms with Crippen LogP contribution in [0.4, 0.5) is 0 Å². The van der Waals surface area contributed by atoms with Crippen LogP contribution in [0.1, 0.15) is 113 Å². The molecule has 0 bridgehead atoms. The van der Waals surface area contributed by atoms with Crippen LogP contribution in [0.5, 0.6) is 0 Å². The highest BCUT2D eigenvalue weighted by Gasteiger charge is 2.69. The molecule has 0 spiro atoms. The van der Waals surface area contributed by atoms with Crippen molar-refractivity contribution in [3.8, 4) is 0 Å². The van der Waals surface area contributed by atoms with Gasteiger partial charge in [-0.1, -0.05) is 57.4 Å². The van der Waals surface area contributed by atoms with E-state index in [9.17, 15) is 66.1 Å². The van der Waals surface area contributed by atoms with Crippen LogP contribution >= 0.6 is 0 Å². The van der Waals surface area contributed by atoms with Gasteiger partial charge in [-0.3, -0.25) is 4.79 Å². The third-order valence-electron chi connectivity index (χ3n) is 19.1. The summed E-state index contributed by atoms with van der Waals surface area (Å²) in [5.74, 6) is -0.0531. The molecule has 418 valence electrons. The van der Waals surface area contributed by atoms with E-state index in [-0.39, 0.29) is 17.3 Å². The Morgan fingerprint density at radius 2 is 1.21 bits per heavy atom. The molecule has 4 saturated heterocycles. The van der Waals surface area contributed by atoms with E-state index in [1.165, 1.54) is 11.1 Å². The molecule has 1 unspecified atom stereocenters. The molecule has 25 atom stereocenters. The minimum absolute atomic E-state index is 0.0248. The van der Waals surface area contributed by atoms with Gasteiger partial charge in [-0.25, -0.2) is 0 Å². The van der Waals surface area contributed by atoms with E-state index in [0.29, 0.717) is 38.0 Å². The zero-order valence-corrected chi connectivity index (χ0v) is 43.2. The van der Waals surface area contributed by atoms with Crippen molar-refractivity contribution < 1.29 is 104 Å². The number of ether oxygens (including phenoxy) is 8. The van der Waals surface area contributed by atoms with Crippen LogP contribution < -0.4 is 0 Å². The Morgan fingerprint density at radius 3 is 1.78 bits per heavy atom. The fourth-order valence-electron chi connectivity index (χ4n) is 15.0. The van der Waals surface area contributed by atoms with Crippen LogP contribution in [0.25, 0.3) is 0 Å². The Hall–Kier alpha value is -1.81. The van der Waals surface area contributed by atoms with Crippen LogP contribution in [0.2, 0.25) is 0 Å². The second kappa shape index (κ2) is 22.1. The van der Waals surface area contributed by atoms with Gasteiger partial charge in [0.25, 0.3) is 0 Å². The maximum absolute atomic E-state index is 13.9. The number of aliphatic carboxylic acids is 1. The first-order chi connectivity index (χ1) is 34.4. The molecule has 0 aromatic carbocycles. The first-order valence-corrected chi connectivity index (χ1v) is 26.5. The second-order valence-electron chi connectivity index (χ2n) is 23.8. The Balaban J connectivity index is 1.05. The van der Waals surface area contributed by atoms with Crippen LogP contribution in [0, 0.1) is 39.4 Å². The van der Waals surface area contributed by atoms with Crippen LogP contribution in [0.15, 0.2) is 22.8 Å². The lowest BCUT2D eigenvalue weighted by Crippen LogP contribution is -2.66. The first kappa shape index (κ1) is 57.4. The molecule has 4 aliphatic carbocycles. The molecule has 21 heteroatoms. The standard InChI is InChI=1S/C52H84O21/c1-23(2)9-8-10-24(3)25-14-18-52(48(64)65)27-11-12-32-49(4,5)33(15-16-50(32,6)26(27)13-17-51(25,52)7)70-47-43(73-46-39(62)37(60)35(58)31(20-54)69-46)42(29(56)22-67-47)72-44-40(63)41(28(55)21-66-44)71-45-38(61)36(59)34(57)30(19-53)68-45/h9,24-25,28-47,53-63H,8,10-22H2,1-7H3,(H,64,65)/t24-,25-,28+,29+,30-,31-,32?,33+,34+,35+,36+,37+,38-,39-,40-,41+,42+,43-,44+,45+,46+,47+,50-,51-,52+/m1/s1. The average molecular weight is 1050 g/mol. The Kier molecular flexibility index (Phi) is 17.4. The van der Waals surface area contributed by atoms with Crippen molar-refractivity contribution in [2.45, 2.75) is 229 Å². The Labute approximate surface area is 427 Å². The van der Waals surface area contributed by atoms with Crippen molar-refractivity contribution in [1.29, 1.82) is 0 Å². The molecule has 6 fully saturated rings. The first-order valence-electron chi connectivity index (χ1n) is 26.5. The fourth-order valence-corrected chi connectivity index (χ4v) is 15.0. The maximum Gasteiger partial charge on any atom is 0.314 e. The van der Waals surface area contributed by atoms with Crippen molar-refractivity contribution in [1.82, 2.24) is 0 Å². The monoisotopic (exact) mass is 1040 g/mol. The highest BCUT2D eigenvalue weighted by Crippen LogP contribution is 2.73. The maximum atomic E-state index is 13.9. The predicted octanol–water partition coefficient (Wildman–Crippen LogP) is 0.119. The number of carboxylic acid groups (broad SMARTS) is 1. The predicted molar refractivity (Wildman–Crippen MR) is 253 cm³/mol. The van der Waals surface area contributed by atoms with E-state index in [1.807, 2.05) is 0 Å². The molecule has 12 N–H and O–H groups in total. The number of hydrogen-bond acceptors (Lipinski definition) is 20. The number of aliphatic hydroxyl groups excluding tert-OH is 11. The van der Waals surface area contributed by atoms with Crippen molar-refractivity contribution >= 4 is 5.97 Å². The normalized spacial score (nSPS) is 49.3. The molecule has 0 aromatic heterocycles. The lowest BCUT2D eigenvalue weighted by molar-refractivity contribution is -0.390. The zero-order valence-electron chi connectivity index (χ0n) is 43.2. The van der Waals surface area contributed by atoms with Gasteiger partial charge in [0.1, 0.15) is 85.5 Å². The van der Waals surface area contributed by atoms with Gasteiger partial charge in [0.2, 0.25) is 0 Å². The van der Waals surface area contributed by atoms with E-state index in [4.69, 9.17) is 37.9 Å². The molecule has 0 radical (unpaired) electrons. The highest BCUT2D eigenvalue weighted by molar-refractivity contribution is 5.82. The lowest BCUT2D eigenvalue weighted by Gasteiger charge is -2.62. The number of carboxylic acids is 1. The number of allylic oxidation sites excluding steroid dienone is 3. The molecular formula is C52H84O21. The molecule has 21 nitrogen and oxygen atoms in total. The molecule has 4 aliphatic heterocycles. The summed E-state index contributed by atoms with van der Waals surface area (Å²) in [5, 5.41) is 129. The largest absolute Gasteiger partial charge is 0.481 e.